The molecule has 0 radical (unpaired) electrons. The molecule has 0 aromatic rings. The maximum Gasteiger partial charge on any atom is 0.136 e. The molecule has 0 spiro atoms. The van der Waals surface area contributed by atoms with Crippen LogP contribution in [0.2, 0.25) is 0 Å². The highest BCUT2D eigenvalue weighted by Crippen LogP contribution is 2.37. The van der Waals surface area contributed by atoms with Gasteiger partial charge >= 0.3 is 0 Å². The monoisotopic (exact) mass is 208 g/mol. The Labute approximate surface area is 88.8 Å². The quantitative estimate of drug-likeness (QED) is 0.395. The van der Waals surface area contributed by atoms with Gasteiger partial charge in [-0.1, -0.05) is 6.42 Å². The number of hydrogen-bond acceptors (Lipinski definition) is 5. The Bertz CT molecular complexity index is 311. The third kappa shape index (κ3) is 1.95. The van der Waals surface area contributed by atoms with Gasteiger partial charge in [0.15, 0.2) is 0 Å². The van der Waals surface area contributed by atoms with Crippen LogP contribution in [0.25, 0.3) is 0 Å². The molecule has 0 bridgehead atoms. The molecular formula is C10H16N4O. The topological polar surface area (TPSA) is 86.0 Å². The van der Waals surface area contributed by atoms with Gasteiger partial charge < -0.3 is 16.4 Å². The van der Waals surface area contributed by atoms with Crippen molar-refractivity contribution in [3.63, 3.8) is 0 Å². The number of nitrogens with zero attached hydrogens (tertiary/aromatic N) is 2. The fourth-order valence-electron chi connectivity index (χ4n) is 2.41. The minimum Gasteiger partial charge on any atom is -0.488 e. The molecule has 0 aromatic carbocycles. The van der Waals surface area contributed by atoms with Crippen molar-refractivity contribution in [2.45, 2.75) is 25.4 Å². The molecule has 0 aromatic heterocycles. The molecule has 15 heavy (non-hydrogen) atoms. The molecule has 2 aliphatic rings. The van der Waals surface area contributed by atoms with E-state index in [2.05, 4.69) is 16.3 Å². The predicted octanol–water partition coefficient (Wildman–Crippen LogP) is 0.574. The average molecular weight is 208 g/mol. The largest absolute Gasteiger partial charge is 0.488 e. The second-order valence-corrected chi connectivity index (χ2v) is 3.99. The zero-order valence-electron chi connectivity index (χ0n) is 8.54. The molecule has 5 heteroatoms. The smallest absolute Gasteiger partial charge is 0.136 e. The number of rotatable bonds is 2. The van der Waals surface area contributed by atoms with Crippen LogP contribution >= 0.6 is 0 Å². The minimum absolute atomic E-state index is 0.166. The van der Waals surface area contributed by atoms with Crippen molar-refractivity contribution in [3.05, 3.63) is 11.8 Å². The SMILES string of the molecule is N/N=C\C1CCCC2C=C(/C=N/N)OC21. The van der Waals surface area contributed by atoms with Gasteiger partial charge in [-0.25, -0.2) is 0 Å². The first-order valence-corrected chi connectivity index (χ1v) is 5.20. The van der Waals surface area contributed by atoms with Crippen LogP contribution in [0.15, 0.2) is 22.0 Å². The molecule has 0 amide bonds. The summed E-state index contributed by atoms with van der Waals surface area (Å²) < 4.78 is 5.76. The molecule has 3 atom stereocenters. The van der Waals surface area contributed by atoms with Gasteiger partial charge in [-0.3, -0.25) is 0 Å². The minimum atomic E-state index is 0.166. The van der Waals surface area contributed by atoms with E-state index in [-0.39, 0.29) is 6.10 Å². The van der Waals surface area contributed by atoms with E-state index in [4.69, 9.17) is 16.4 Å². The van der Waals surface area contributed by atoms with Crippen LogP contribution < -0.4 is 11.7 Å². The normalized spacial score (nSPS) is 35.5. The number of nitrogens with two attached hydrogens (primary N) is 2. The summed E-state index contributed by atoms with van der Waals surface area (Å²) in [6.07, 6.45) is 9.02. The van der Waals surface area contributed by atoms with Gasteiger partial charge in [-0.15, -0.1) is 0 Å². The standard InChI is InChI=1S/C10H16N4O/c11-13-5-8-3-1-2-7-4-9(6-14-12)15-10(7)8/h4-8,10H,1-3,11-12H2/b13-5-,14-6+. The number of allylic oxidation sites excluding steroid dienone is 1. The molecule has 5 nitrogen and oxygen atoms in total. The summed E-state index contributed by atoms with van der Waals surface area (Å²) in [7, 11) is 0. The first kappa shape index (κ1) is 10.0. The van der Waals surface area contributed by atoms with E-state index in [9.17, 15) is 0 Å². The first-order valence-electron chi connectivity index (χ1n) is 5.20. The summed E-state index contributed by atoms with van der Waals surface area (Å²) in [5.74, 6) is 11.8. The van der Waals surface area contributed by atoms with E-state index in [1.165, 1.54) is 6.42 Å². The van der Waals surface area contributed by atoms with Crippen molar-refractivity contribution in [1.82, 2.24) is 0 Å². The molecule has 1 aliphatic heterocycles. The van der Waals surface area contributed by atoms with Crippen molar-refractivity contribution in [3.8, 4) is 0 Å². The van der Waals surface area contributed by atoms with Gasteiger partial charge in [0.25, 0.3) is 0 Å². The van der Waals surface area contributed by atoms with Gasteiger partial charge in [0.2, 0.25) is 0 Å². The van der Waals surface area contributed by atoms with Crippen molar-refractivity contribution >= 4 is 12.4 Å². The fraction of sp³-hybridized carbons (Fsp3) is 0.600. The lowest BCUT2D eigenvalue weighted by atomic mass is 9.80. The van der Waals surface area contributed by atoms with Crippen molar-refractivity contribution in [1.29, 1.82) is 0 Å². The summed E-state index contributed by atoms with van der Waals surface area (Å²) in [6, 6.07) is 0. The molecule has 4 N–H and O–H groups in total. The Kier molecular flexibility index (Phi) is 2.89. The number of hydrogen-bond donors (Lipinski definition) is 2. The average Bonchev–Trinajstić information content (AvgIpc) is 2.62. The van der Waals surface area contributed by atoms with Crippen LogP contribution in [0.5, 0.6) is 0 Å². The molecule has 0 saturated heterocycles. The van der Waals surface area contributed by atoms with Crippen LogP contribution in [-0.4, -0.2) is 18.5 Å². The summed E-state index contributed by atoms with van der Waals surface area (Å²) in [5.41, 5.74) is 0. The van der Waals surface area contributed by atoms with Crippen molar-refractivity contribution in [2.24, 2.45) is 33.7 Å². The molecule has 82 valence electrons. The van der Waals surface area contributed by atoms with E-state index in [1.54, 1.807) is 12.4 Å². The van der Waals surface area contributed by atoms with Crippen molar-refractivity contribution in [2.75, 3.05) is 0 Å². The zero-order chi connectivity index (χ0) is 10.7. The van der Waals surface area contributed by atoms with Gasteiger partial charge in [-0.05, 0) is 18.9 Å². The second kappa shape index (κ2) is 4.33. The highest BCUT2D eigenvalue weighted by Gasteiger charge is 2.37. The third-order valence-corrected chi connectivity index (χ3v) is 3.05. The molecule has 1 fully saturated rings. The van der Waals surface area contributed by atoms with Crippen LogP contribution in [-0.2, 0) is 4.74 Å². The van der Waals surface area contributed by atoms with E-state index in [0.717, 1.165) is 18.6 Å². The van der Waals surface area contributed by atoms with E-state index in [0.29, 0.717) is 11.8 Å². The Balaban J connectivity index is 2.08. The first-order chi connectivity index (χ1) is 7.35. The van der Waals surface area contributed by atoms with Gasteiger partial charge in [-0.2, -0.15) is 10.2 Å². The summed E-state index contributed by atoms with van der Waals surface area (Å²) >= 11 is 0. The number of fused-ring (bicyclic) bond motifs is 1. The maximum atomic E-state index is 5.76. The van der Waals surface area contributed by atoms with Crippen LogP contribution in [0.1, 0.15) is 19.3 Å². The zero-order valence-corrected chi connectivity index (χ0v) is 8.54. The van der Waals surface area contributed by atoms with E-state index >= 15 is 0 Å². The van der Waals surface area contributed by atoms with Gasteiger partial charge in [0, 0.05) is 18.1 Å². The highest BCUT2D eigenvalue weighted by atomic mass is 16.5. The molecule has 2 rings (SSSR count). The lowest BCUT2D eigenvalue weighted by Crippen LogP contribution is -2.32. The molecule has 1 heterocycles. The Morgan fingerprint density at radius 2 is 2.20 bits per heavy atom. The number of hydrazone groups is 2. The van der Waals surface area contributed by atoms with Crippen molar-refractivity contribution < 1.29 is 4.74 Å². The molecule has 1 saturated carbocycles. The second-order valence-electron chi connectivity index (χ2n) is 3.99. The van der Waals surface area contributed by atoms with Gasteiger partial charge in [0.05, 0.1) is 6.21 Å². The predicted molar refractivity (Wildman–Crippen MR) is 59.1 cm³/mol. The lowest BCUT2D eigenvalue weighted by molar-refractivity contribution is 0.0684. The summed E-state index contributed by atoms with van der Waals surface area (Å²) in [4.78, 5) is 0. The van der Waals surface area contributed by atoms with E-state index in [1.807, 2.05) is 0 Å². The Hall–Kier alpha value is -1.52. The van der Waals surface area contributed by atoms with E-state index < -0.39 is 0 Å². The third-order valence-electron chi connectivity index (χ3n) is 3.05. The molecule has 1 aliphatic carbocycles. The summed E-state index contributed by atoms with van der Waals surface area (Å²) in [6.45, 7) is 0. The fourth-order valence-corrected chi connectivity index (χ4v) is 2.41. The highest BCUT2D eigenvalue weighted by molar-refractivity contribution is 5.76. The van der Waals surface area contributed by atoms with Crippen LogP contribution in [0.3, 0.4) is 0 Å². The molecule has 3 unspecified atom stereocenters. The number of ether oxygens (including phenoxy) is 1. The molecular weight excluding hydrogens is 192 g/mol. The van der Waals surface area contributed by atoms with Gasteiger partial charge in [0.1, 0.15) is 11.9 Å². The van der Waals surface area contributed by atoms with Crippen LogP contribution in [0, 0.1) is 11.8 Å². The Morgan fingerprint density at radius 3 is 2.93 bits per heavy atom. The Morgan fingerprint density at radius 1 is 1.33 bits per heavy atom. The van der Waals surface area contributed by atoms with Crippen LogP contribution in [0.4, 0.5) is 0 Å². The maximum absolute atomic E-state index is 5.76. The lowest BCUT2D eigenvalue weighted by Gasteiger charge is -2.30. The summed E-state index contributed by atoms with van der Waals surface area (Å²) in [5, 5.41) is 7.07.